The Bertz CT molecular complexity index is 585. The van der Waals surface area contributed by atoms with Crippen molar-refractivity contribution in [2.45, 2.75) is 32.7 Å². The maximum Gasteiger partial charge on any atom is 0.346 e. The molecule has 1 fully saturated rings. The zero-order valence-electron chi connectivity index (χ0n) is 12.4. The Hall–Kier alpha value is -2.37. The van der Waals surface area contributed by atoms with Crippen LogP contribution in [0, 0.1) is 0 Å². The second-order valence-electron chi connectivity index (χ2n) is 4.95. The van der Waals surface area contributed by atoms with E-state index in [0.717, 1.165) is 5.01 Å². The van der Waals surface area contributed by atoms with Crippen LogP contribution < -0.4 is 10.1 Å². The second kappa shape index (κ2) is 5.95. The second-order valence-corrected chi connectivity index (χ2v) is 4.95. The van der Waals surface area contributed by atoms with Gasteiger partial charge in [0.15, 0.2) is 0 Å². The van der Waals surface area contributed by atoms with E-state index >= 15 is 0 Å². The summed E-state index contributed by atoms with van der Waals surface area (Å²) in [5.41, 5.74) is -0.168. The van der Waals surface area contributed by atoms with Crippen LogP contribution in [0.5, 0.6) is 5.75 Å². The molecule has 0 bridgehead atoms. The van der Waals surface area contributed by atoms with E-state index in [9.17, 15) is 9.59 Å². The summed E-state index contributed by atoms with van der Waals surface area (Å²) in [7, 11) is 0. The highest BCUT2D eigenvalue weighted by atomic mass is 16.5. The topological polar surface area (TPSA) is 71.0 Å². The van der Waals surface area contributed by atoms with Crippen molar-refractivity contribution in [1.29, 1.82) is 0 Å². The van der Waals surface area contributed by atoms with Crippen molar-refractivity contribution in [1.82, 2.24) is 10.3 Å². The van der Waals surface area contributed by atoms with Gasteiger partial charge in [0.25, 0.3) is 5.91 Å². The molecule has 1 atom stereocenters. The van der Waals surface area contributed by atoms with Crippen LogP contribution >= 0.6 is 0 Å². The summed E-state index contributed by atoms with van der Waals surface area (Å²) in [6, 6.07) is 6.81. The van der Waals surface area contributed by atoms with Crippen molar-refractivity contribution < 1.29 is 14.3 Å². The molecule has 1 aliphatic heterocycles. The normalized spacial score (nSPS) is 22.0. The zero-order chi connectivity index (χ0) is 15.5. The fourth-order valence-electron chi connectivity index (χ4n) is 2.01. The maximum absolute atomic E-state index is 12.2. The summed E-state index contributed by atoms with van der Waals surface area (Å²) >= 11 is 0. The molecular formula is C15H19N3O3. The van der Waals surface area contributed by atoms with Crippen molar-refractivity contribution in [3.05, 3.63) is 29.8 Å². The summed E-state index contributed by atoms with van der Waals surface area (Å²) in [5.74, 6) is 0.314. The number of hydrogen-bond acceptors (Lipinski definition) is 4. The molecule has 0 spiro atoms. The molecule has 1 unspecified atom stereocenters. The molecule has 0 aliphatic carbocycles. The largest absolute Gasteiger partial charge is 0.493 e. The number of hydrogen-bond donors (Lipinski definition) is 1. The van der Waals surface area contributed by atoms with E-state index in [1.807, 2.05) is 38.1 Å². The number of rotatable bonds is 5. The van der Waals surface area contributed by atoms with E-state index in [0.29, 0.717) is 24.3 Å². The molecule has 1 heterocycles. The Morgan fingerprint density at radius 1 is 1.33 bits per heavy atom. The van der Waals surface area contributed by atoms with E-state index in [1.165, 1.54) is 6.21 Å². The van der Waals surface area contributed by atoms with Crippen LogP contribution in [0.3, 0.4) is 0 Å². The average molecular weight is 289 g/mol. The lowest BCUT2D eigenvalue weighted by Gasteiger charge is -2.17. The number of imide groups is 1. The van der Waals surface area contributed by atoms with Crippen molar-refractivity contribution in [3.63, 3.8) is 0 Å². The fourth-order valence-corrected chi connectivity index (χ4v) is 2.01. The van der Waals surface area contributed by atoms with Gasteiger partial charge in [-0.1, -0.05) is 19.1 Å². The first-order chi connectivity index (χ1) is 10.0. The van der Waals surface area contributed by atoms with Crippen LogP contribution in [0.15, 0.2) is 29.4 Å². The van der Waals surface area contributed by atoms with Crippen molar-refractivity contribution >= 4 is 18.2 Å². The van der Waals surface area contributed by atoms with Gasteiger partial charge in [0.2, 0.25) is 0 Å². The van der Waals surface area contributed by atoms with Crippen LogP contribution in [0.25, 0.3) is 0 Å². The Morgan fingerprint density at radius 2 is 2.05 bits per heavy atom. The van der Waals surface area contributed by atoms with Gasteiger partial charge < -0.3 is 10.1 Å². The maximum atomic E-state index is 12.2. The first kappa shape index (κ1) is 15.0. The van der Waals surface area contributed by atoms with E-state index < -0.39 is 11.6 Å². The summed E-state index contributed by atoms with van der Waals surface area (Å²) < 4.78 is 5.47. The number of nitrogens with one attached hydrogen (secondary N) is 1. The summed E-state index contributed by atoms with van der Waals surface area (Å²) in [6.07, 6.45) is 1.98. The van der Waals surface area contributed by atoms with Crippen LogP contribution in [-0.4, -0.2) is 35.3 Å². The third-order valence-electron chi connectivity index (χ3n) is 3.48. The molecule has 3 amide bonds. The van der Waals surface area contributed by atoms with Gasteiger partial charge >= 0.3 is 6.03 Å². The quantitative estimate of drug-likeness (QED) is 0.667. The number of hydrazone groups is 1. The smallest absolute Gasteiger partial charge is 0.346 e. The van der Waals surface area contributed by atoms with Crippen LogP contribution in [0.2, 0.25) is 0 Å². The van der Waals surface area contributed by atoms with Gasteiger partial charge in [0.1, 0.15) is 11.3 Å². The molecular weight excluding hydrogens is 270 g/mol. The van der Waals surface area contributed by atoms with Gasteiger partial charge in [-0.2, -0.15) is 5.10 Å². The fraction of sp³-hybridized carbons (Fsp3) is 0.400. The minimum Gasteiger partial charge on any atom is -0.493 e. The lowest BCUT2D eigenvalue weighted by molar-refractivity contribution is -0.130. The van der Waals surface area contributed by atoms with E-state index in [-0.39, 0.29) is 5.91 Å². The molecule has 112 valence electrons. The lowest BCUT2D eigenvalue weighted by Crippen LogP contribution is -2.42. The third kappa shape index (κ3) is 2.89. The molecule has 0 saturated carbocycles. The number of benzene rings is 1. The van der Waals surface area contributed by atoms with Crippen LogP contribution in [0.4, 0.5) is 4.79 Å². The molecule has 1 N–H and O–H groups in total. The minimum atomic E-state index is -0.881. The minimum absolute atomic E-state index is 0.347. The molecule has 1 aromatic rings. The number of carbonyl (C=O) groups is 2. The highest BCUT2D eigenvalue weighted by molar-refractivity contribution is 6.07. The standard InChI is InChI=1S/C15H19N3O3/c1-4-15(3)13(19)18(14(20)17-15)16-10-11-8-6-7-9-12(11)21-5-2/h6-10H,4-5H2,1-3H3,(H,17,20)/b16-10+. The predicted molar refractivity (Wildman–Crippen MR) is 79.3 cm³/mol. The molecule has 6 heteroatoms. The Labute approximate surface area is 123 Å². The van der Waals surface area contributed by atoms with Gasteiger partial charge in [0, 0.05) is 5.56 Å². The third-order valence-corrected chi connectivity index (χ3v) is 3.48. The number of urea groups is 1. The Kier molecular flexibility index (Phi) is 4.26. The van der Waals surface area contributed by atoms with E-state index in [4.69, 9.17) is 4.74 Å². The predicted octanol–water partition coefficient (Wildman–Crippen LogP) is 2.14. The Morgan fingerprint density at radius 3 is 2.67 bits per heavy atom. The number of amides is 3. The number of carbonyl (C=O) groups excluding carboxylic acids is 2. The number of para-hydroxylation sites is 1. The molecule has 1 aliphatic rings. The van der Waals surface area contributed by atoms with Gasteiger partial charge in [-0.15, -0.1) is 5.01 Å². The molecule has 0 aromatic heterocycles. The Balaban J connectivity index is 2.22. The highest BCUT2D eigenvalue weighted by Crippen LogP contribution is 2.21. The lowest BCUT2D eigenvalue weighted by atomic mass is 10.00. The molecule has 1 saturated heterocycles. The van der Waals surface area contributed by atoms with Gasteiger partial charge in [-0.3, -0.25) is 4.79 Å². The molecule has 0 radical (unpaired) electrons. The highest BCUT2D eigenvalue weighted by Gasteiger charge is 2.46. The molecule has 21 heavy (non-hydrogen) atoms. The van der Waals surface area contributed by atoms with E-state index in [2.05, 4.69) is 10.4 Å². The van der Waals surface area contributed by atoms with Gasteiger partial charge in [-0.25, -0.2) is 4.79 Å². The van der Waals surface area contributed by atoms with Crippen molar-refractivity contribution in [2.24, 2.45) is 5.10 Å². The number of ether oxygens (including phenoxy) is 1. The van der Waals surface area contributed by atoms with Crippen molar-refractivity contribution in [3.8, 4) is 5.75 Å². The van der Waals surface area contributed by atoms with Gasteiger partial charge in [-0.05, 0) is 32.4 Å². The molecule has 6 nitrogen and oxygen atoms in total. The molecule has 1 aromatic carbocycles. The number of nitrogens with zero attached hydrogens (tertiary/aromatic N) is 2. The average Bonchev–Trinajstić information content (AvgIpc) is 2.69. The monoisotopic (exact) mass is 289 g/mol. The molecule has 2 rings (SSSR count). The van der Waals surface area contributed by atoms with Crippen LogP contribution in [-0.2, 0) is 4.79 Å². The SMILES string of the molecule is CCOc1ccccc1/C=N/N1C(=O)NC(C)(CC)C1=O. The van der Waals surface area contributed by atoms with Gasteiger partial charge in [0.05, 0.1) is 12.8 Å². The summed E-state index contributed by atoms with van der Waals surface area (Å²) in [5, 5.41) is 7.52. The van der Waals surface area contributed by atoms with Crippen molar-refractivity contribution in [2.75, 3.05) is 6.61 Å². The van der Waals surface area contributed by atoms with E-state index in [1.54, 1.807) is 6.92 Å². The summed E-state index contributed by atoms with van der Waals surface area (Å²) in [4.78, 5) is 24.0. The van der Waals surface area contributed by atoms with Crippen LogP contribution in [0.1, 0.15) is 32.8 Å². The zero-order valence-corrected chi connectivity index (χ0v) is 12.4. The first-order valence-electron chi connectivity index (χ1n) is 6.94. The summed E-state index contributed by atoms with van der Waals surface area (Å²) in [6.45, 7) is 5.95. The first-order valence-corrected chi connectivity index (χ1v) is 6.94.